The van der Waals surface area contributed by atoms with Crippen LogP contribution in [0.4, 0.5) is 5.69 Å². The summed E-state index contributed by atoms with van der Waals surface area (Å²) in [6, 6.07) is 7.30. The molecule has 1 rings (SSSR count). The van der Waals surface area contributed by atoms with Gasteiger partial charge in [-0.25, -0.2) is 0 Å². The first-order chi connectivity index (χ1) is 4.86. The van der Waals surface area contributed by atoms with Crippen molar-refractivity contribution in [2.45, 2.75) is 4.43 Å². The Morgan fingerprint density at radius 3 is 2.90 bits per heavy atom. The molecule has 0 amide bonds. The van der Waals surface area contributed by atoms with Crippen molar-refractivity contribution in [1.82, 2.24) is 0 Å². The molecule has 10 heavy (non-hydrogen) atoms. The van der Waals surface area contributed by atoms with E-state index in [9.17, 15) is 4.91 Å². The van der Waals surface area contributed by atoms with Crippen molar-refractivity contribution in [1.29, 1.82) is 0 Å². The average Bonchev–Trinajstić information content (AvgIpc) is 2.05. The molecule has 0 radical (unpaired) electrons. The van der Waals surface area contributed by atoms with Crippen LogP contribution in [-0.4, -0.2) is 0 Å². The van der Waals surface area contributed by atoms with E-state index in [0.717, 1.165) is 9.99 Å². The smallest absolute Gasteiger partial charge is 0.108 e. The van der Waals surface area contributed by atoms with Gasteiger partial charge in [-0.15, -0.1) is 4.91 Å². The minimum atomic E-state index is 0.508. The van der Waals surface area contributed by atoms with Crippen LogP contribution in [-0.2, 0) is 4.43 Å². The lowest BCUT2D eigenvalue weighted by molar-refractivity contribution is 1.41. The summed E-state index contributed by atoms with van der Waals surface area (Å²) in [6.45, 7) is 0. The Bertz CT molecular complexity index is 237. The molecule has 0 N–H and O–H groups in total. The van der Waals surface area contributed by atoms with Gasteiger partial charge in [-0.3, -0.25) is 0 Å². The van der Waals surface area contributed by atoms with Crippen LogP contribution in [0.25, 0.3) is 0 Å². The van der Waals surface area contributed by atoms with Crippen molar-refractivity contribution in [3.05, 3.63) is 34.7 Å². The van der Waals surface area contributed by atoms with Crippen LogP contribution in [0.15, 0.2) is 29.4 Å². The van der Waals surface area contributed by atoms with Crippen LogP contribution in [0.1, 0.15) is 5.56 Å². The van der Waals surface area contributed by atoms with Gasteiger partial charge in [0.1, 0.15) is 5.69 Å². The molecule has 0 saturated carbocycles. The molecule has 2 nitrogen and oxygen atoms in total. The molecule has 0 aliphatic carbocycles. The fourth-order valence-electron chi connectivity index (χ4n) is 0.696. The summed E-state index contributed by atoms with van der Waals surface area (Å²) in [4.78, 5) is 10.0. The summed E-state index contributed by atoms with van der Waals surface area (Å²) in [6.07, 6.45) is 0. The Hall–Kier alpha value is -0.450. The number of nitroso groups, excluding NO2 is 1. The summed E-state index contributed by atoms with van der Waals surface area (Å²) in [5, 5.41) is 2.83. The second kappa shape index (κ2) is 3.65. The first kappa shape index (κ1) is 7.65. The minimum absolute atomic E-state index is 0.508. The second-order valence-corrected chi connectivity index (χ2v) is 2.66. The molecule has 0 spiro atoms. The van der Waals surface area contributed by atoms with Crippen LogP contribution in [0.3, 0.4) is 0 Å². The Morgan fingerprint density at radius 1 is 1.50 bits per heavy atom. The second-order valence-electron chi connectivity index (χ2n) is 1.89. The zero-order valence-electron chi connectivity index (χ0n) is 5.25. The molecule has 0 saturated heterocycles. The highest BCUT2D eigenvalue weighted by atomic mass is 127. The fourth-order valence-corrected chi connectivity index (χ4v) is 1.17. The molecule has 0 aliphatic heterocycles. The Balaban J connectivity index is 2.98. The van der Waals surface area contributed by atoms with E-state index in [0.29, 0.717) is 5.69 Å². The van der Waals surface area contributed by atoms with E-state index in [1.165, 1.54) is 0 Å². The molecular formula is C7H6INO. The lowest BCUT2D eigenvalue weighted by atomic mass is 10.2. The van der Waals surface area contributed by atoms with Crippen molar-refractivity contribution < 1.29 is 0 Å². The van der Waals surface area contributed by atoms with Crippen molar-refractivity contribution in [2.24, 2.45) is 5.18 Å². The van der Waals surface area contributed by atoms with E-state index in [4.69, 9.17) is 0 Å². The average molecular weight is 247 g/mol. The predicted molar refractivity (Wildman–Crippen MR) is 49.6 cm³/mol. The van der Waals surface area contributed by atoms with Gasteiger partial charge in [0, 0.05) is 4.43 Å². The molecule has 52 valence electrons. The summed E-state index contributed by atoms with van der Waals surface area (Å²) in [5.74, 6) is 0. The Kier molecular flexibility index (Phi) is 2.80. The highest BCUT2D eigenvalue weighted by molar-refractivity contribution is 14.1. The molecule has 0 fully saturated rings. The van der Waals surface area contributed by atoms with Crippen molar-refractivity contribution in [3.8, 4) is 0 Å². The van der Waals surface area contributed by atoms with Gasteiger partial charge in [0.25, 0.3) is 0 Å². The number of halogens is 1. The third-order valence-corrected chi connectivity index (χ3v) is 2.05. The Morgan fingerprint density at radius 2 is 2.30 bits per heavy atom. The molecule has 1 aromatic rings. The molecule has 0 aromatic heterocycles. The maximum absolute atomic E-state index is 10.0. The lowest BCUT2D eigenvalue weighted by Crippen LogP contribution is -1.73. The summed E-state index contributed by atoms with van der Waals surface area (Å²) in [7, 11) is 0. The number of rotatable bonds is 2. The van der Waals surface area contributed by atoms with Crippen LogP contribution < -0.4 is 0 Å². The molecule has 1 aromatic carbocycles. The number of hydrogen-bond donors (Lipinski definition) is 0. The normalized spacial score (nSPS) is 9.30. The van der Waals surface area contributed by atoms with E-state index < -0.39 is 0 Å². The minimum Gasteiger partial charge on any atom is -0.145 e. The van der Waals surface area contributed by atoms with Crippen molar-refractivity contribution in [2.75, 3.05) is 0 Å². The molecule has 0 unspecified atom stereocenters. The molecule has 0 aliphatic rings. The van der Waals surface area contributed by atoms with Gasteiger partial charge >= 0.3 is 0 Å². The summed E-state index contributed by atoms with van der Waals surface area (Å²) in [5.41, 5.74) is 1.65. The van der Waals surface area contributed by atoms with E-state index >= 15 is 0 Å². The van der Waals surface area contributed by atoms with Crippen LogP contribution in [0.5, 0.6) is 0 Å². The SMILES string of the molecule is O=Nc1cccc(CI)c1. The summed E-state index contributed by atoms with van der Waals surface area (Å²) >= 11 is 2.24. The van der Waals surface area contributed by atoms with Crippen LogP contribution in [0, 0.1) is 4.91 Å². The maximum Gasteiger partial charge on any atom is 0.108 e. The van der Waals surface area contributed by atoms with E-state index in [2.05, 4.69) is 27.8 Å². The van der Waals surface area contributed by atoms with Crippen molar-refractivity contribution in [3.63, 3.8) is 0 Å². The van der Waals surface area contributed by atoms with Gasteiger partial charge in [0.05, 0.1) is 0 Å². The number of hydrogen-bond acceptors (Lipinski definition) is 2. The molecule has 3 heteroatoms. The van der Waals surface area contributed by atoms with Gasteiger partial charge in [-0.2, -0.15) is 0 Å². The standard InChI is InChI=1S/C7H6INO/c8-5-6-2-1-3-7(4-6)9-10/h1-4H,5H2. The zero-order valence-corrected chi connectivity index (χ0v) is 7.41. The van der Waals surface area contributed by atoms with Gasteiger partial charge in [-0.1, -0.05) is 34.7 Å². The highest BCUT2D eigenvalue weighted by Gasteiger charge is 1.91. The first-order valence-corrected chi connectivity index (χ1v) is 4.37. The predicted octanol–water partition coefficient (Wildman–Crippen LogP) is 3.02. The quantitative estimate of drug-likeness (QED) is 0.448. The van der Waals surface area contributed by atoms with Gasteiger partial charge in [0.15, 0.2) is 0 Å². The monoisotopic (exact) mass is 247 g/mol. The largest absolute Gasteiger partial charge is 0.145 e. The third kappa shape index (κ3) is 1.76. The Labute approximate surface area is 72.8 Å². The van der Waals surface area contributed by atoms with Gasteiger partial charge in [0.2, 0.25) is 0 Å². The fraction of sp³-hybridized carbons (Fsp3) is 0.143. The van der Waals surface area contributed by atoms with Crippen LogP contribution in [0.2, 0.25) is 0 Å². The van der Waals surface area contributed by atoms with Gasteiger partial charge < -0.3 is 0 Å². The van der Waals surface area contributed by atoms with E-state index in [1.54, 1.807) is 12.1 Å². The molecular weight excluding hydrogens is 241 g/mol. The number of nitrogens with zero attached hydrogens (tertiary/aromatic N) is 1. The zero-order chi connectivity index (χ0) is 7.40. The first-order valence-electron chi connectivity index (χ1n) is 2.85. The molecule has 0 heterocycles. The number of benzene rings is 1. The molecule has 0 atom stereocenters. The maximum atomic E-state index is 10.0. The number of alkyl halides is 1. The highest BCUT2D eigenvalue weighted by Crippen LogP contribution is 2.15. The van der Waals surface area contributed by atoms with Crippen LogP contribution >= 0.6 is 22.6 Å². The molecule has 0 bridgehead atoms. The van der Waals surface area contributed by atoms with E-state index in [1.807, 2.05) is 12.1 Å². The van der Waals surface area contributed by atoms with E-state index in [-0.39, 0.29) is 0 Å². The lowest BCUT2D eigenvalue weighted by Gasteiger charge is -1.92. The van der Waals surface area contributed by atoms with Gasteiger partial charge in [-0.05, 0) is 22.9 Å². The van der Waals surface area contributed by atoms with Crippen molar-refractivity contribution >= 4 is 28.3 Å². The summed E-state index contributed by atoms with van der Waals surface area (Å²) < 4.78 is 0.918. The third-order valence-electron chi connectivity index (χ3n) is 1.17. The topological polar surface area (TPSA) is 29.4 Å².